The highest BCUT2D eigenvalue weighted by atomic mass is 14.9. The van der Waals surface area contributed by atoms with Crippen LogP contribution in [-0.4, -0.2) is 18.7 Å². The number of H-pyrrole nitrogens is 1. The molecule has 0 spiro atoms. The van der Waals surface area contributed by atoms with Crippen molar-refractivity contribution in [2.24, 2.45) is 4.99 Å². The van der Waals surface area contributed by atoms with Gasteiger partial charge in [0, 0.05) is 17.7 Å². The summed E-state index contributed by atoms with van der Waals surface area (Å²) in [4.78, 5) is 7.07. The Labute approximate surface area is 94.2 Å². The lowest BCUT2D eigenvalue weighted by Crippen LogP contribution is -2.20. The maximum absolute atomic E-state index is 4.07. The van der Waals surface area contributed by atoms with Crippen LogP contribution in [0.4, 0.5) is 5.69 Å². The number of nitrogens with one attached hydrogen (secondary N) is 2. The number of benzene rings is 1. The number of fused-ring (bicyclic) bond motifs is 1. The average molecular weight is 213 g/mol. The maximum Gasteiger partial charge on any atom is 0.0700 e. The smallest absolute Gasteiger partial charge is 0.0700 e. The van der Waals surface area contributed by atoms with Crippen LogP contribution in [0.25, 0.3) is 23.7 Å². The number of hydrogen-bond donors (Lipinski definition) is 2. The minimum Gasteiger partial charge on any atom is -0.386 e. The molecule has 0 aliphatic carbocycles. The summed E-state index contributed by atoms with van der Waals surface area (Å²) in [7, 11) is 1.91. The van der Waals surface area contributed by atoms with Gasteiger partial charge in [-0.3, -0.25) is 4.99 Å². The highest BCUT2D eigenvalue weighted by molar-refractivity contribution is 5.92. The third-order valence-corrected chi connectivity index (χ3v) is 2.68. The lowest BCUT2D eigenvalue weighted by Gasteiger charge is -2.03. The monoisotopic (exact) mass is 213 g/mol. The summed E-state index contributed by atoms with van der Waals surface area (Å²) in [5, 5.41) is 6.17. The Bertz CT molecular complexity index is 650. The molecule has 1 aromatic heterocycles. The van der Waals surface area contributed by atoms with Crippen LogP contribution in [0.15, 0.2) is 17.1 Å². The van der Waals surface area contributed by atoms with Gasteiger partial charge in [0.2, 0.25) is 0 Å². The molecule has 2 N–H and O–H groups in total. The molecule has 0 aliphatic heterocycles. The zero-order chi connectivity index (χ0) is 11.7. The lowest BCUT2D eigenvalue weighted by atomic mass is 10.1. The van der Waals surface area contributed by atoms with Gasteiger partial charge in [-0.05, 0) is 31.3 Å². The highest BCUT2D eigenvalue weighted by Crippen LogP contribution is 2.19. The molecular weight excluding hydrogens is 198 g/mol. The van der Waals surface area contributed by atoms with E-state index in [0.717, 1.165) is 27.2 Å². The van der Waals surface area contributed by atoms with Crippen LogP contribution in [-0.2, 0) is 0 Å². The van der Waals surface area contributed by atoms with Gasteiger partial charge in [-0.2, -0.15) is 0 Å². The average Bonchev–Trinajstić information content (AvgIpc) is 2.57. The Kier molecular flexibility index (Phi) is 2.52. The van der Waals surface area contributed by atoms with Crippen LogP contribution in [0.2, 0.25) is 0 Å². The Morgan fingerprint density at radius 1 is 1.44 bits per heavy atom. The second-order valence-electron chi connectivity index (χ2n) is 3.81. The van der Waals surface area contributed by atoms with Crippen molar-refractivity contribution in [2.75, 3.05) is 12.4 Å². The van der Waals surface area contributed by atoms with E-state index in [4.69, 9.17) is 0 Å². The second kappa shape index (κ2) is 3.85. The number of hydrogen-bond acceptors (Lipinski definition) is 2. The van der Waals surface area contributed by atoms with Crippen molar-refractivity contribution in [1.82, 2.24) is 4.98 Å². The van der Waals surface area contributed by atoms with Gasteiger partial charge in [0.25, 0.3) is 0 Å². The number of rotatable bonds is 2. The molecule has 2 rings (SSSR count). The van der Waals surface area contributed by atoms with Gasteiger partial charge in [-0.15, -0.1) is 0 Å². The Balaban J connectivity index is 2.96. The van der Waals surface area contributed by atoms with E-state index in [2.05, 4.69) is 47.6 Å². The topological polar surface area (TPSA) is 40.2 Å². The number of aryl methyl sites for hydroxylation is 1. The molecule has 0 fully saturated rings. The van der Waals surface area contributed by atoms with Crippen LogP contribution < -0.4 is 15.9 Å². The summed E-state index contributed by atoms with van der Waals surface area (Å²) in [5.74, 6) is 0. The standard InChI is InChI=1S/C13H15N3/c1-8-5-10-9(2)12(7-14-3)16-13(10)11(6-8)15-4/h5-7,15-16H,2-3H2,1,4H3/b12-7+. The Hall–Kier alpha value is -2.03. The molecule has 2 aromatic rings. The van der Waals surface area contributed by atoms with Crippen molar-refractivity contribution >= 4 is 36.1 Å². The predicted octanol–water partition coefficient (Wildman–Crippen LogP) is 1.37. The number of nitrogens with zero attached hydrogens (tertiary/aromatic N) is 1. The van der Waals surface area contributed by atoms with E-state index in [1.54, 1.807) is 6.20 Å². The minimum absolute atomic E-state index is 0.909. The van der Waals surface area contributed by atoms with E-state index in [0.29, 0.717) is 0 Å². The first kappa shape index (κ1) is 10.5. The van der Waals surface area contributed by atoms with Gasteiger partial charge in [0.1, 0.15) is 0 Å². The molecular formula is C13H15N3. The Morgan fingerprint density at radius 2 is 2.19 bits per heavy atom. The molecule has 1 aromatic carbocycles. The van der Waals surface area contributed by atoms with E-state index in [1.165, 1.54) is 5.56 Å². The first-order valence-corrected chi connectivity index (χ1v) is 5.12. The van der Waals surface area contributed by atoms with Gasteiger partial charge in [-0.25, -0.2) is 0 Å². The molecule has 0 saturated carbocycles. The van der Waals surface area contributed by atoms with Crippen molar-refractivity contribution in [3.05, 3.63) is 28.3 Å². The van der Waals surface area contributed by atoms with Gasteiger partial charge >= 0.3 is 0 Å². The quantitative estimate of drug-likeness (QED) is 0.727. The van der Waals surface area contributed by atoms with E-state index >= 15 is 0 Å². The zero-order valence-electron chi connectivity index (χ0n) is 9.59. The fraction of sp³-hybridized carbons (Fsp3) is 0.154. The van der Waals surface area contributed by atoms with Crippen LogP contribution in [0, 0.1) is 6.92 Å². The molecule has 1 heterocycles. The molecule has 0 bridgehead atoms. The molecule has 0 atom stereocenters. The first-order chi connectivity index (χ1) is 7.67. The minimum atomic E-state index is 0.909. The van der Waals surface area contributed by atoms with Gasteiger partial charge in [-0.1, -0.05) is 6.58 Å². The molecule has 0 aliphatic rings. The maximum atomic E-state index is 4.07. The summed E-state index contributed by atoms with van der Waals surface area (Å²) in [6.07, 6.45) is 1.69. The van der Waals surface area contributed by atoms with Gasteiger partial charge < -0.3 is 10.3 Å². The molecule has 0 saturated heterocycles. The van der Waals surface area contributed by atoms with Gasteiger partial charge in [0.05, 0.1) is 22.8 Å². The summed E-state index contributed by atoms with van der Waals surface area (Å²) in [5.41, 5.74) is 3.34. The molecule has 3 heteroatoms. The third kappa shape index (κ3) is 1.50. The third-order valence-electron chi connectivity index (χ3n) is 2.68. The van der Waals surface area contributed by atoms with Crippen molar-refractivity contribution in [1.29, 1.82) is 0 Å². The fourth-order valence-corrected chi connectivity index (χ4v) is 1.91. The largest absolute Gasteiger partial charge is 0.386 e. The molecule has 0 unspecified atom stereocenters. The molecule has 3 nitrogen and oxygen atoms in total. The fourth-order valence-electron chi connectivity index (χ4n) is 1.91. The normalized spacial score (nSPS) is 12.0. The number of aromatic nitrogens is 1. The van der Waals surface area contributed by atoms with Crippen molar-refractivity contribution in [2.45, 2.75) is 6.92 Å². The lowest BCUT2D eigenvalue weighted by molar-refractivity contribution is 1.34. The van der Waals surface area contributed by atoms with Crippen LogP contribution in [0.5, 0.6) is 0 Å². The number of aromatic amines is 1. The summed E-state index contributed by atoms with van der Waals surface area (Å²) in [6, 6.07) is 4.22. The van der Waals surface area contributed by atoms with E-state index in [-0.39, 0.29) is 0 Å². The first-order valence-electron chi connectivity index (χ1n) is 5.12. The summed E-state index contributed by atoms with van der Waals surface area (Å²) < 4.78 is 0. The second-order valence-corrected chi connectivity index (χ2v) is 3.81. The van der Waals surface area contributed by atoms with E-state index < -0.39 is 0 Å². The van der Waals surface area contributed by atoms with E-state index in [1.807, 2.05) is 7.05 Å². The number of aliphatic imine (C=N–C) groups is 1. The van der Waals surface area contributed by atoms with Gasteiger partial charge in [0.15, 0.2) is 0 Å². The van der Waals surface area contributed by atoms with Crippen molar-refractivity contribution in [3.8, 4) is 0 Å². The molecule has 16 heavy (non-hydrogen) atoms. The molecule has 0 amide bonds. The Morgan fingerprint density at radius 3 is 2.81 bits per heavy atom. The zero-order valence-corrected chi connectivity index (χ0v) is 9.59. The van der Waals surface area contributed by atoms with Crippen LogP contribution >= 0.6 is 0 Å². The summed E-state index contributed by atoms with van der Waals surface area (Å²) in [6.45, 7) is 9.60. The summed E-state index contributed by atoms with van der Waals surface area (Å²) >= 11 is 0. The predicted molar refractivity (Wildman–Crippen MR) is 71.4 cm³/mol. The van der Waals surface area contributed by atoms with E-state index in [9.17, 15) is 0 Å². The molecule has 82 valence electrons. The van der Waals surface area contributed by atoms with Crippen molar-refractivity contribution < 1.29 is 0 Å². The van der Waals surface area contributed by atoms with Crippen LogP contribution in [0.1, 0.15) is 5.56 Å². The van der Waals surface area contributed by atoms with Crippen LogP contribution in [0.3, 0.4) is 0 Å². The SMILES string of the molecule is C=N/C=c1/[nH]c2c(NC)cc(C)cc2c1=C. The van der Waals surface area contributed by atoms with Crippen molar-refractivity contribution in [3.63, 3.8) is 0 Å². The highest BCUT2D eigenvalue weighted by Gasteiger charge is 2.04. The molecule has 0 radical (unpaired) electrons. The number of anilines is 1.